The van der Waals surface area contributed by atoms with Crippen LogP contribution in [-0.4, -0.2) is 40.5 Å². The summed E-state index contributed by atoms with van der Waals surface area (Å²) in [7, 11) is 0. The monoisotopic (exact) mass is 427 g/mol. The minimum atomic E-state index is -0.679. The molecule has 8 heteroatoms. The van der Waals surface area contributed by atoms with Crippen molar-refractivity contribution < 1.29 is 18.8 Å². The molecule has 7 nitrogen and oxygen atoms in total. The Morgan fingerprint density at radius 1 is 1.27 bits per heavy atom. The lowest BCUT2D eigenvalue weighted by atomic mass is 9.98. The first kappa shape index (κ1) is 20.5. The molecule has 0 bridgehead atoms. The van der Waals surface area contributed by atoms with Gasteiger partial charge in [0, 0.05) is 11.3 Å². The second-order valence-corrected chi connectivity index (χ2v) is 8.78. The minimum absolute atomic E-state index is 0.0538. The van der Waals surface area contributed by atoms with E-state index < -0.39 is 12.1 Å². The maximum Gasteiger partial charge on any atom is 0.256 e. The van der Waals surface area contributed by atoms with Gasteiger partial charge in [0.1, 0.15) is 23.2 Å². The molecule has 4 atom stereocenters. The normalized spacial score (nSPS) is 21.7. The molecule has 0 aliphatic carbocycles. The number of nitrogens with zero attached hydrogens (tertiary/aromatic N) is 1. The Morgan fingerprint density at radius 2 is 2.07 bits per heavy atom. The third-order valence-electron chi connectivity index (χ3n) is 5.80. The maximum atomic E-state index is 13.1. The molecule has 1 aromatic heterocycles. The van der Waals surface area contributed by atoms with Crippen LogP contribution in [0, 0.1) is 5.92 Å². The Hall–Kier alpha value is -2.74. The van der Waals surface area contributed by atoms with Crippen molar-refractivity contribution in [1.29, 1.82) is 0 Å². The van der Waals surface area contributed by atoms with Crippen LogP contribution in [0.25, 0.3) is 0 Å². The summed E-state index contributed by atoms with van der Waals surface area (Å²) in [6.45, 7) is 4.17. The summed E-state index contributed by atoms with van der Waals surface area (Å²) in [6, 6.07) is 9.75. The maximum absolute atomic E-state index is 13.1. The molecule has 30 heavy (non-hydrogen) atoms. The molecule has 3 heterocycles. The standard InChI is InChI=1S/C22H25N3O4S/c1-3-13(2)18(20(27)23-11-14-7-6-10-29-14)24-19(26)17-12-30-22-16-9-5-4-8-15(16)21(28)25(17)22/h4-10,13,17-18,22H,3,11-12H2,1-2H3,(H,23,27)(H,24,26)/t13-,17-,18-,22-/m0/s1. The van der Waals surface area contributed by atoms with E-state index in [1.807, 2.05) is 32.0 Å². The highest BCUT2D eigenvalue weighted by Crippen LogP contribution is 2.48. The molecule has 0 saturated carbocycles. The SMILES string of the molecule is CC[C@H](C)[C@H](NC(=O)[C@@H]1CS[C@H]2c3ccccc3C(=O)N12)C(=O)NCc1ccco1. The second-order valence-electron chi connectivity index (χ2n) is 7.67. The predicted octanol–water partition coefficient (Wildman–Crippen LogP) is 2.70. The van der Waals surface area contributed by atoms with Gasteiger partial charge in [0.15, 0.2) is 0 Å². The lowest BCUT2D eigenvalue weighted by Crippen LogP contribution is -2.55. The van der Waals surface area contributed by atoms with Gasteiger partial charge in [0.2, 0.25) is 11.8 Å². The molecule has 1 saturated heterocycles. The Balaban J connectivity index is 1.45. The fourth-order valence-electron chi connectivity index (χ4n) is 3.89. The van der Waals surface area contributed by atoms with E-state index >= 15 is 0 Å². The lowest BCUT2D eigenvalue weighted by Gasteiger charge is -2.27. The van der Waals surface area contributed by atoms with E-state index in [-0.39, 0.29) is 35.6 Å². The number of benzene rings is 1. The fraction of sp³-hybridized carbons (Fsp3) is 0.409. The number of furan rings is 1. The van der Waals surface area contributed by atoms with Crippen molar-refractivity contribution in [2.24, 2.45) is 5.92 Å². The Kier molecular flexibility index (Phi) is 5.85. The largest absolute Gasteiger partial charge is 0.467 e. The molecule has 2 N–H and O–H groups in total. The van der Waals surface area contributed by atoms with Gasteiger partial charge in [-0.1, -0.05) is 38.5 Å². The smallest absolute Gasteiger partial charge is 0.256 e. The van der Waals surface area contributed by atoms with Crippen molar-refractivity contribution in [3.63, 3.8) is 0 Å². The highest BCUT2D eigenvalue weighted by atomic mass is 32.2. The molecular formula is C22H25N3O4S. The zero-order valence-corrected chi connectivity index (χ0v) is 17.8. The molecule has 1 aromatic carbocycles. The number of hydrogen-bond donors (Lipinski definition) is 2. The van der Waals surface area contributed by atoms with Crippen LogP contribution in [0.1, 0.15) is 47.3 Å². The second kappa shape index (κ2) is 8.55. The number of rotatable bonds is 7. The summed E-state index contributed by atoms with van der Waals surface area (Å²) in [6.07, 6.45) is 2.28. The molecule has 4 rings (SSSR count). The molecule has 0 radical (unpaired) electrons. The molecule has 1 fully saturated rings. The molecular weight excluding hydrogens is 402 g/mol. The number of amides is 3. The number of hydrogen-bond acceptors (Lipinski definition) is 5. The Bertz CT molecular complexity index is 946. The van der Waals surface area contributed by atoms with Gasteiger partial charge in [-0.3, -0.25) is 14.4 Å². The summed E-state index contributed by atoms with van der Waals surface area (Å²) in [5.74, 6) is 0.438. The van der Waals surface area contributed by atoms with Crippen LogP contribution in [0.3, 0.4) is 0 Å². The van der Waals surface area contributed by atoms with E-state index in [1.165, 1.54) is 0 Å². The minimum Gasteiger partial charge on any atom is -0.467 e. The summed E-state index contributed by atoms with van der Waals surface area (Å²) in [4.78, 5) is 40.5. The molecule has 158 valence electrons. The van der Waals surface area contributed by atoms with E-state index in [9.17, 15) is 14.4 Å². The van der Waals surface area contributed by atoms with Crippen LogP contribution >= 0.6 is 11.8 Å². The number of carbonyl (C=O) groups is 3. The van der Waals surface area contributed by atoms with Crippen LogP contribution in [0.2, 0.25) is 0 Å². The number of thioether (sulfide) groups is 1. The summed E-state index contributed by atoms with van der Waals surface area (Å²) >= 11 is 1.59. The van der Waals surface area contributed by atoms with Crippen molar-refractivity contribution in [3.05, 3.63) is 59.5 Å². The van der Waals surface area contributed by atoms with Crippen LogP contribution < -0.4 is 10.6 Å². The van der Waals surface area contributed by atoms with E-state index in [1.54, 1.807) is 41.1 Å². The molecule has 0 unspecified atom stereocenters. The molecule has 0 spiro atoms. The van der Waals surface area contributed by atoms with Gasteiger partial charge in [-0.15, -0.1) is 11.8 Å². The van der Waals surface area contributed by atoms with Crippen LogP contribution in [0.15, 0.2) is 47.1 Å². The van der Waals surface area contributed by atoms with Gasteiger partial charge in [0.25, 0.3) is 5.91 Å². The first-order valence-electron chi connectivity index (χ1n) is 10.1. The van der Waals surface area contributed by atoms with E-state index in [0.29, 0.717) is 17.1 Å². The van der Waals surface area contributed by atoms with Crippen molar-refractivity contribution in [2.75, 3.05) is 5.75 Å². The molecule has 2 aliphatic heterocycles. The summed E-state index contributed by atoms with van der Waals surface area (Å²) in [5.41, 5.74) is 1.61. The number of fused-ring (bicyclic) bond motifs is 3. The average molecular weight is 428 g/mol. The first-order valence-corrected chi connectivity index (χ1v) is 11.2. The number of nitrogens with one attached hydrogen (secondary N) is 2. The first-order chi connectivity index (χ1) is 14.5. The van der Waals surface area contributed by atoms with Crippen LogP contribution in [-0.2, 0) is 16.1 Å². The van der Waals surface area contributed by atoms with E-state index in [4.69, 9.17) is 4.42 Å². The number of carbonyl (C=O) groups excluding carboxylic acids is 3. The van der Waals surface area contributed by atoms with Crippen molar-refractivity contribution >= 4 is 29.5 Å². The zero-order chi connectivity index (χ0) is 21.3. The zero-order valence-electron chi connectivity index (χ0n) is 17.0. The fourth-order valence-corrected chi connectivity index (χ4v) is 5.36. The third kappa shape index (κ3) is 3.71. The van der Waals surface area contributed by atoms with Crippen molar-refractivity contribution in [1.82, 2.24) is 15.5 Å². The van der Waals surface area contributed by atoms with Gasteiger partial charge >= 0.3 is 0 Å². The molecule has 2 aromatic rings. The van der Waals surface area contributed by atoms with E-state index in [2.05, 4.69) is 10.6 Å². The highest BCUT2D eigenvalue weighted by molar-refractivity contribution is 7.99. The van der Waals surface area contributed by atoms with Crippen LogP contribution in [0.4, 0.5) is 0 Å². The topological polar surface area (TPSA) is 91.7 Å². The van der Waals surface area contributed by atoms with Crippen molar-refractivity contribution in [2.45, 2.75) is 44.3 Å². The third-order valence-corrected chi connectivity index (χ3v) is 7.11. The van der Waals surface area contributed by atoms with Gasteiger partial charge in [-0.05, 0) is 29.7 Å². The predicted molar refractivity (Wildman–Crippen MR) is 114 cm³/mol. The Morgan fingerprint density at radius 3 is 2.80 bits per heavy atom. The van der Waals surface area contributed by atoms with Crippen LogP contribution in [0.5, 0.6) is 0 Å². The molecule has 2 aliphatic rings. The average Bonchev–Trinajstić information content (AvgIpc) is 3.49. The van der Waals surface area contributed by atoms with Crippen molar-refractivity contribution in [3.8, 4) is 0 Å². The summed E-state index contributed by atoms with van der Waals surface area (Å²) in [5, 5.41) is 5.60. The van der Waals surface area contributed by atoms with Gasteiger partial charge in [-0.25, -0.2) is 0 Å². The van der Waals surface area contributed by atoms with Gasteiger partial charge in [-0.2, -0.15) is 0 Å². The Labute approximate surface area is 179 Å². The quantitative estimate of drug-likeness (QED) is 0.709. The van der Waals surface area contributed by atoms with E-state index in [0.717, 1.165) is 12.0 Å². The van der Waals surface area contributed by atoms with Gasteiger partial charge in [0.05, 0.1) is 12.8 Å². The summed E-state index contributed by atoms with van der Waals surface area (Å²) < 4.78 is 5.25. The highest BCUT2D eigenvalue weighted by Gasteiger charge is 2.48. The van der Waals surface area contributed by atoms with Gasteiger partial charge < -0.3 is 20.0 Å². The molecule has 3 amide bonds. The lowest BCUT2D eigenvalue weighted by molar-refractivity contribution is -0.132.